The Kier molecular flexibility index (Phi) is 5.81. The molecule has 2 aromatic heterocycles. The maximum absolute atomic E-state index is 13.3. The summed E-state index contributed by atoms with van der Waals surface area (Å²) in [6.07, 6.45) is 6.75. The van der Waals surface area contributed by atoms with Gasteiger partial charge in [0.05, 0.1) is 11.3 Å². The van der Waals surface area contributed by atoms with E-state index in [1.165, 1.54) is 18.3 Å². The van der Waals surface area contributed by atoms with Gasteiger partial charge in [0.15, 0.2) is 5.82 Å². The molecule has 0 spiro atoms. The van der Waals surface area contributed by atoms with Crippen LogP contribution in [-0.2, 0) is 0 Å². The molecule has 2 heterocycles. The number of carbonyl (C=O) groups is 1. The van der Waals surface area contributed by atoms with E-state index in [2.05, 4.69) is 20.3 Å². The minimum atomic E-state index is -0.337. The molecule has 7 heteroatoms. The molecule has 0 saturated heterocycles. The van der Waals surface area contributed by atoms with Crippen LogP contribution in [0.2, 0.25) is 0 Å². The fraction of sp³-hybridized carbons (Fsp3) is 0.0435. The van der Waals surface area contributed by atoms with E-state index in [1.54, 1.807) is 48.4 Å². The summed E-state index contributed by atoms with van der Waals surface area (Å²) in [6.45, 7) is 0. The van der Waals surface area contributed by atoms with Crippen LogP contribution in [0.5, 0.6) is 0 Å². The number of nitrogens with zero attached hydrogens (tertiary/aromatic N) is 3. The van der Waals surface area contributed by atoms with Gasteiger partial charge in [-0.1, -0.05) is 6.07 Å². The highest BCUT2D eigenvalue weighted by molar-refractivity contribution is 7.98. The molecular formula is C23H17FN4OS. The van der Waals surface area contributed by atoms with Crippen molar-refractivity contribution in [3.8, 4) is 22.6 Å². The number of rotatable bonds is 5. The van der Waals surface area contributed by atoms with Crippen molar-refractivity contribution in [1.82, 2.24) is 15.0 Å². The Morgan fingerprint density at radius 1 is 1.00 bits per heavy atom. The molecule has 0 unspecified atom stereocenters. The molecule has 148 valence electrons. The van der Waals surface area contributed by atoms with Gasteiger partial charge in [-0.25, -0.2) is 14.4 Å². The summed E-state index contributed by atoms with van der Waals surface area (Å²) in [6, 6.07) is 17.1. The summed E-state index contributed by atoms with van der Waals surface area (Å²) >= 11 is 1.60. The number of halogens is 1. The summed E-state index contributed by atoms with van der Waals surface area (Å²) in [5.74, 6) is -0.245. The highest BCUT2D eigenvalue weighted by atomic mass is 32.2. The van der Waals surface area contributed by atoms with Crippen LogP contribution in [-0.4, -0.2) is 27.1 Å². The third-order valence-electron chi connectivity index (χ3n) is 4.42. The number of carbonyl (C=O) groups excluding carboxylic acids is 1. The maximum atomic E-state index is 13.3. The molecule has 30 heavy (non-hydrogen) atoms. The lowest BCUT2D eigenvalue weighted by atomic mass is 10.1. The van der Waals surface area contributed by atoms with Gasteiger partial charge in [-0.2, -0.15) is 0 Å². The molecule has 1 amide bonds. The molecule has 5 nitrogen and oxygen atoms in total. The number of aromatic nitrogens is 3. The van der Waals surface area contributed by atoms with Crippen molar-refractivity contribution >= 4 is 23.4 Å². The third-order valence-corrected chi connectivity index (χ3v) is 5.14. The van der Waals surface area contributed by atoms with E-state index in [0.717, 1.165) is 10.5 Å². The van der Waals surface area contributed by atoms with Crippen LogP contribution in [0.3, 0.4) is 0 Å². The van der Waals surface area contributed by atoms with Crippen molar-refractivity contribution in [2.75, 3.05) is 11.6 Å². The summed E-state index contributed by atoms with van der Waals surface area (Å²) in [7, 11) is 0. The number of benzene rings is 2. The lowest BCUT2D eigenvalue weighted by Crippen LogP contribution is -2.15. The minimum Gasteiger partial charge on any atom is -0.322 e. The molecule has 4 aromatic rings. The molecule has 0 fully saturated rings. The smallest absolute Gasteiger partial charge is 0.259 e. The molecular weight excluding hydrogens is 399 g/mol. The van der Waals surface area contributed by atoms with Crippen molar-refractivity contribution in [2.24, 2.45) is 0 Å². The third kappa shape index (κ3) is 4.36. The topological polar surface area (TPSA) is 67.8 Å². The SMILES string of the molecule is CSc1cccc(NC(=O)c2cnc(-c3ccc(F)cc3)nc2-c2ccncc2)c1. The van der Waals surface area contributed by atoms with Gasteiger partial charge in [0.1, 0.15) is 5.82 Å². The number of hydrogen-bond acceptors (Lipinski definition) is 5. The van der Waals surface area contributed by atoms with Crippen molar-refractivity contribution in [3.63, 3.8) is 0 Å². The Morgan fingerprint density at radius 2 is 1.77 bits per heavy atom. The first kappa shape index (κ1) is 19.7. The highest BCUT2D eigenvalue weighted by Crippen LogP contribution is 2.26. The first-order valence-corrected chi connectivity index (χ1v) is 10.4. The normalized spacial score (nSPS) is 10.6. The summed E-state index contributed by atoms with van der Waals surface area (Å²) in [5.41, 5.74) is 2.90. The van der Waals surface area contributed by atoms with E-state index >= 15 is 0 Å². The molecule has 0 aliphatic carbocycles. The zero-order valence-corrected chi connectivity index (χ0v) is 16.9. The highest BCUT2D eigenvalue weighted by Gasteiger charge is 2.17. The molecule has 0 aliphatic rings. The van der Waals surface area contributed by atoms with Gasteiger partial charge >= 0.3 is 0 Å². The summed E-state index contributed by atoms with van der Waals surface area (Å²) < 4.78 is 13.3. The number of nitrogens with one attached hydrogen (secondary N) is 1. The van der Waals surface area contributed by atoms with Gasteiger partial charge in [-0.15, -0.1) is 11.8 Å². The van der Waals surface area contributed by atoms with Crippen LogP contribution in [0, 0.1) is 5.82 Å². The van der Waals surface area contributed by atoms with Gasteiger partial charge < -0.3 is 5.32 Å². The fourth-order valence-electron chi connectivity index (χ4n) is 2.92. The van der Waals surface area contributed by atoms with E-state index in [0.29, 0.717) is 28.3 Å². The zero-order chi connectivity index (χ0) is 20.9. The average molecular weight is 416 g/mol. The number of pyridine rings is 1. The Balaban J connectivity index is 1.74. The van der Waals surface area contributed by atoms with Crippen molar-refractivity contribution in [2.45, 2.75) is 4.90 Å². The molecule has 1 N–H and O–H groups in total. The van der Waals surface area contributed by atoms with E-state index in [-0.39, 0.29) is 11.7 Å². The lowest BCUT2D eigenvalue weighted by molar-refractivity contribution is 0.102. The monoisotopic (exact) mass is 416 g/mol. The second-order valence-corrected chi connectivity index (χ2v) is 7.26. The van der Waals surface area contributed by atoms with Gasteiger partial charge in [0.25, 0.3) is 5.91 Å². The Hall–Kier alpha value is -3.58. The van der Waals surface area contributed by atoms with Gasteiger partial charge in [-0.3, -0.25) is 9.78 Å². The average Bonchev–Trinajstić information content (AvgIpc) is 2.80. The van der Waals surface area contributed by atoms with Crippen LogP contribution in [0.15, 0.2) is 84.1 Å². The number of hydrogen-bond donors (Lipinski definition) is 1. The molecule has 0 saturated carbocycles. The van der Waals surface area contributed by atoms with E-state index in [1.807, 2.05) is 30.5 Å². The van der Waals surface area contributed by atoms with Crippen LogP contribution in [0.25, 0.3) is 22.6 Å². The van der Waals surface area contributed by atoms with E-state index in [9.17, 15) is 9.18 Å². The second-order valence-electron chi connectivity index (χ2n) is 6.38. The molecule has 0 atom stereocenters. The van der Waals surface area contributed by atoms with Crippen LogP contribution < -0.4 is 5.32 Å². The van der Waals surface area contributed by atoms with Gasteiger partial charge in [0, 0.05) is 40.3 Å². The number of thioether (sulfide) groups is 1. The maximum Gasteiger partial charge on any atom is 0.259 e. The Labute approximate surface area is 177 Å². The molecule has 0 bridgehead atoms. The summed E-state index contributed by atoms with van der Waals surface area (Å²) in [4.78, 5) is 27.1. The van der Waals surface area contributed by atoms with Gasteiger partial charge in [-0.05, 0) is 60.9 Å². The number of anilines is 1. The standard InChI is InChI=1S/C23H17FN4OS/c1-30-19-4-2-3-18(13-19)27-23(29)20-14-26-22(16-5-7-17(24)8-6-16)28-21(20)15-9-11-25-12-10-15/h2-14H,1H3,(H,27,29). The quantitative estimate of drug-likeness (QED) is 0.446. The van der Waals surface area contributed by atoms with Crippen molar-refractivity contribution in [3.05, 3.63) is 90.6 Å². The first-order chi connectivity index (χ1) is 14.6. The molecule has 4 rings (SSSR count). The van der Waals surface area contributed by atoms with Crippen molar-refractivity contribution < 1.29 is 9.18 Å². The first-order valence-electron chi connectivity index (χ1n) is 9.13. The predicted molar refractivity (Wildman–Crippen MR) is 117 cm³/mol. The largest absolute Gasteiger partial charge is 0.322 e. The minimum absolute atomic E-state index is 0.314. The second kappa shape index (κ2) is 8.84. The lowest BCUT2D eigenvalue weighted by Gasteiger charge is -2.12. The Morgan fingerprint density at radius 3 is 2.50 bits per heavy atom. The Bertz CT molecular complexity index is 1180. The number of amides is 1. The molecule has 0 aliphatic heterocycles. The molecule has 0 radical (unpaired) electrons. The zero-order valence-electron chi connectivity index (χ0n) is 16.0. The van der Waals surface area contributed by atoms with Crippen molar-refractivity contribution in [1.29, 1.82) is 0 Å². The van der Waals surface area contributed by atoms with E-state index < -0.39 is 0 Å². The molecule has 2 aromatic carbocycles. The van der Waals surface area contributed by atoms with Crippen LogP contribution in [0.4, 0.5) is 10.1 Å². The van der Waals surface area contributed by atoms with Crippen LogP contribution in [0.1, 0.15) is 10.4 Å². The van der Waals surface area contributed by atoms with Crippen LogP contribution >= 0.6 is 11.8 Å². The van der Waals surface area contributed by atoms with E-state index in [4.69, 9.17) is 0 Å². The van der Waals surface area contributed by atoms with Gasteiger partial charge in [0.2, 0.25) is 0 Å². The predicted octanol–water partition coefficient (Wildman–Crippen LogP) is 5.32. The fourth-order valence-corrected chi connectivity index (χ4v) is 3.37. The summed E-state index contributed by atoms with van der Waals surface area (Å²) in [5, 5.41) is 2.91.